The Labute approximate surface area is 161 Å². The van der Waals surface area contributed by atoms with Gasteiger partial charge in [-0.15, -0.1) is 0 Å². The highest BCUT2D eigenvalue weighted by Crippen LogP contribution is 2.30. The predicted molar refractivity (Wildman–Crippen MR) is 98.9 cm³/mol. The molecule has 1 fully saturated rings. The number of benzene rings is 1. The zero-order valence-electron chi connectivity index (χ0n) is 15.5. The summed E-state index contributed by atoms with van der Waals surface area (Å²) < 4.78 is 31.2. The molecule has 0 atom stereocenters. The minimum Gasteiger partial charge on any atom is -0.490 e. The molecule has 28 heavy (non-hydrogen) atoms. The van der Waals surface area contributed by atoms with Crippen molar-refractivity contribution in [2.75, 3.05) is 52.3 Å². The van der Waals surface area contributed by atoms with Crippen molar-refractivity contribution < 1.29 is 23.4 Å². The van der Waals surface area contributed by atoms with E-state index in [0.29, 0.717) is 32.1 Å². The number of nitrogens with two attached hydrogens (primary N) is 1. The summed E-state index contributed by atoms with van der Waals surface area (Å²) in [4.78, 5) is 14.4. The Morgan fingerprint density at radius 2 is 2.14 bits per heavy atom. The second kappa shape index (κ2) is 8.73. The fourth-order valence-corrected chi connectivity index (χ4v) is 3.01. The Balaban J connectivity index is 1.90. The Kier molecular flexibility index (Phi) is 6.13. The molecule has 8 nitrogen and oxygen atoms in total. The van der Waals surface area contributed by atoms with E-state index in [1.165, 1.54) is 36.1 Å². The van der Waals surface area contributed by atoms with Gasteiger partial charge in [0, 0.05) is 31.9 Å². The molecule has 0 unspecified atom stereocenters. The lowest BCUT2D eigenvalue weighted by Crippen LogP contribution is -2.38. The number of hydrogen-bond donors (Lipinski definition) is 1. The van der Waals surface area contributed by atoms with Crippen LogP contribution in [0, 0.1) is 17.1 Å². The molecule has 148 valence electrons. The van der Waals surface area contributed by atoms with Crippen LogP contribution in [-0.4, -0.2) is 62.0 Å². The monoisotopic (exact) mass is 388 g/mol. The highest BCUT2D eigenvalue weighted by Gasteiger charge is 2.24. The molecule has 2 N–H and O–H groups in total. The van der Waals surface area contributed by atoms with Gasteiger partial charge in [0.05, 0.1) is 37.3 Å². The molecule has 2 aromatic rings. The molecule has 1 aromatic heterocycles. The second-order valence-corrected chi connectivity index (χ2v) is 6.19. The molecule has 0 bridgehead atoms. The van der Waals surface area contributed by atoms with Gasteiger partial charge in [-0.25, -0.2) is 9.18 Å². The van der Waals surface area contributed by atoms with E-state index < -0.39 is 11.8 Å². The van der Waals surface area contributed by atoms with Gasteiger partial charge in [-0.05, 0) is 12.1 Å². The number of morpholine rings is 1. The molecule has 3 rings (SSSR count). The number of ether oxygens (including phenoxy) is 3. The van der Waals surface area contributed by atoms with E-state index in [9.17, 15) is 14.4 Å². The van der Waals surface area contributed by atoms with E-state index in [1.54, 1.807) is 0 Å². The number of halogens is 1. The van der Waals surface area contributed by atoms with Gasteiger partial charge in [0.25, 0.3) is 0 Å². The average molecular weight is 388 g/mol. The number of nitriles is 1. The second-order valence-electron chi connectivity index (χ2n) is 6.19. The van der Waals surface area contributed by atoms with Crippen LogP contribution in [0.1, 0.15) is 16.1 Å². The van der Waals surface area contributed by atoms with Crippen LogP contribution in [-0.2, 0) is 9.47 Å². The summed E-state index contributed by atoms with van der Waals surface area (Å²) in [7, 11) is 1.20. The standard InChI is InChI=1S/C19H21FN4O4/c1-26-19(25)18-17(22)13(11-21)12-24(18)15-10-14(20)2-3-16(15)28-9-6-23-4-7-27-8-5-23/h2-3,10,12H,4-9,22H2,1H3. The first-order valence-electron chi connectivity index (χ1n) is 8.77. The maximum Gasteiger partial charge on any atom is 0.357 e. The van der Waals surface area contributed by atoms with Crippen LogP contribution in [0.15, 0.2) is 24.4 Å². The summed E-state index contributed by atoms with van der Waals surface area (Å²) >= 11 is 0. The zero-order valence-corrected chi connectivity index (χ0v) is 15.5. The lowest BCUT2D eigenvalue weighted by Gasteiger charge is -2.26. The van der Waals surface area contributed by atoms with E-state index >= 15 is 0 Å². The first-order chi connectivity index (χ1) is 13.5. The highest BCUT2D eigenvalue weighted by atomic mass is 19.1. The number of aromatic nitrogens is 1. The number of anilines is 1. The number of methoxy groups -OCH3 is 1. The van der Waals surface area contributed by atoms with Crippen LogP contribution >= 0.6 is 0 Å². The molecule has 0 saturated carbocycles. The number of carbonyl (C=O) groups excluding carboxylic acids is 1. The number of carbonyl (C=O) groups is 1. The number of rotatable bonds is 6. The Morgan fingerprint density at radius 3 is 2.82 bits per heavy atom. The van der Waals surface area contributed by atoms with Crippen LogP contribution < -0.4 is 10.5 Å². The van der Waals surface area contributed by atoms with Crippen molar-refractivity contribution >= 4 is 11.7 Å². The summed E-state index contributed by atoms with van der Waals surface area (Å²) in [5, 5.41) is 9.25. The molecule has 9 heteroatoms. The summed E-state index contributed by atoms with van der Waals surface area (Å²) in [6, 6.07) is 5.88. The van der Waals surface area contributed by atoms with E-state index in [2.05, 4.69) is 4.90 Å². The van der Waals surface area contributed by atoms with Crippen molar-refractivity contribution in [1.82, 2.24) is 9.47 Å². The van der Waals surface area contributed by atoms with Gasteiger partial charge in [0.1, 0.15) is 24.2 Å². The lowest BCUT2D eigenvalue weighted by molar-refractivity contribution is 0.0322. The quantitative estimate of drug-likeness (QED) is 0.749. The third-order valence-electron chi connectivity index (χ3n) is 4.49. The van der Waals surface area contributed by atoms with E-state index in [0.717, 1.165) is 13.1 Å². The topological polar surface area (TPSA) is 103 Å². The van der Waals surface area contributed by atoms with Gasteiger partial charge in [-0.1, -0.05) is 0 Å². The maximum absolute atomic E-state index is 13.9. The van der Waals surface area contributed by atoms with Crippen molar-refractivity contribution in [3.05, 3.63) is 41.5 Å². The fraction of sp³-hybridized carbons (Fsp3) is 0.368. The first kappa shape index (κ1) is 19.7. The van der Waals surface area contributed by atoms with Crippen LogP contribution in [0.3, 0.4) is 0 Å². The molecule has 0 spiro atoms. The van der Waals surface area contributed by atoms with Gasteiger partial charge in [0.15, 0.2) is 5.69 Å². The number of nitrogens with zero attached hydrogens (tertiary/aromatic N) is 3. The van der Waals surface area contributed by atoms with Gasteiger partial charge in [-0.3, -0.25) is 4.90 Å². The highest BCUT2D eigenvalue weighted by molar-refractivity contribution is 5.96. The Hall–Kier alpha value is -3.09. The van der Waals surface area contributed by atoms with Gasteiger partial charge in [0.2, 0.25) is 0 Å². The normalized spacial score (nSPS) is 14.5. The minimum absolute atomic E-state index is 0.0297. The number of esters is 1. The van der Waals surface area contributed by atoms with E-state index in [4.69, 9.17) is 19.9 Å². The SMILES string of the molecule is COC(=O)c1c(N)c(C#N)cn1-c1cc(F)ccc1OCCN1CCOCC1. The van der Waals surface area contributed by atoms with Gasteiger partial charge < -0.3 is 24.5 Å². The van der Waals surface area contributed by atoms with Gasteiger partial charge in [-0.2, -0.15) is 5.26 Å². The predicted octanol–water partition coefficient (Wildman–Crippen LogP) is 1.57. The average Bonchev–Trinajstić information content (AvgIpc) is 3.05. The summed E-state index contributed by atoms with van der Waals surface area (Å²) in [5.74, 6) is -0.890. The third-order valence-corrected chi connectivity index (χ3v) is 4.49. The van der Waals surface area contributed by atoms with Crippen molar-refractivity contribution in [3.63, 3.8) is 0 Å². The van der Waals surface area contributed by atoms with Crippen LogP contribution in [0.2, 0.25) is 0 Å². The molecule has 0 radical (unpaired) electrons. The molecule has 1 saturated heterocycles. The van der Waals surface area contributed by atoms with E-state index in [-0.39, 0.29) is 22.6 Å². The molecule has 0 amide bonds. The van der Waals surface area contributed by atoms with Crippen molar-refractivity contribution in [2.24, 2.45) is 0 Å². The smallest absolute Gasteiger partial charge is 0.357 e. The molecular weight excluding hydrogens is 367 g/mol. The largest absolute Gasteiger partial charge is 0.490 e. The summed E-state index contributed by atoms with van der Waals surface area (Å²) in [5.41, 5.74) is 6.18. The maximum atomic E-state index is 13.9. The summed E-state index contributed by atoms with van der Waals surface area (Å²) in [6.45, 7) is 4.07. The molecule has 0 aliphatic carbocycles. The third kappa shape index (κ3) is 4.08. The fourth-order valence-electron chi connectivity index (χ4n) is 3.01. The number of nitrogen functional groups attached to an aromatic ring is 1. The van der Waals surface area contributed by atoms with Crippen LogP contribution in [0.4, 0.5) is 10.1 Å². The molecule has 1 aliphatic rings. The number of hydrogen-bond acceptors (Lipinski definition) is 7. The summed E-state index contributed by atoms with van der Waals surface area (Å²) in [6.07, 6.45) is 1.37. The Bertz CT molecular complexity index is 900. The minimum atomic E-state index is -0.734. The zero-order chi connectivity index (χ0) is 20.1. The molecule has 2 heterocycles. The van der Waals surface area contributed by atoms with Crippen LogP contribution in [0.5, 0.6) is 5.75 Å². The van der Waals surface area contributed by atoms with Gasteiger partial charge >= 0.3 is 5.97 Å². The van der Waals surface area contributed by atoms with Crippen LogP contribution in [0.25, 0.3) is 5.69 Å². The van der Waals surface area contributed by atoms with Crippen molar-refractivity contribution in [1.29, 1.82) is 5.26 Å². The van der Waals surface area contributed by atoms with E-state index in [1.807, 2.05) is 6.07 Å². The lowest BCUT2D eigenvalue weighted by atomic mass is 10.2. The molecular formula is C19H21FN4O4. The molecule has 1 aliphatic heterocycles. The first-order valence-corrected chi connectivity index (χ1v) is 8.77. The molecule has 1 aromatic carbocycles. The van der Waals surface area contributed by atoms with Crippen molar-refractivity contribution in [3.8, 4) is 17.5 Å². The van der Waals surface area contributed by atoms with Crippen molar-refractivity contribution in [2.45, 2.75) is 0 Å². The Morgan fingerprint density at radius 1 is 1.39 bits per heavy atom.